The zero-order valence-electron chi connectivity index (χ0n) is 17.0. The minimum Gasteiger partial charge on any atom is -0.493 e. The normalized spacial score (nSPS) is 10.1. The highest BCUT2D eigenvalue weighted by atomic mass is 16.5. The zero-order valence-corrected chi connectivity index (χ0v) is 17.0. The van der Waals surface area contributed by atoms with Crippen LogP contribution < -0.4 is 20.3 Å². The number of amides is 2. The van der Waals surface area contributed by atoms with E-state index in [1.165, 1.54) is 5.56 Å². The monoisotopic (exact) mass is 416 g/mol. The van der Waals surface area contributed by atoms with Crippen LogP contribution in [0.15, 0.2) is 91.5 Å². The maximum atomic E-state index is 12.4. The second kappa shape index (κ2) is 11.2. The molecule has 0 aliphatic rings. The number of hydrogen-bond donors (Lipinski definition) is 2. The van der Waals surface area contributed by atoms with E-state index in [-0.39, 0.29) is 6.61 Å². The van der Waals surface area contributed by atoms with E-state index < -0.39 is 11.8 Å². The maximum Gasteiger partial charge on any atom is 0.273 e. The first-order chi connectivity index (χ1) is 15.2. The molecule has 2 N–H and O–H groups in total. The van der Waals surface area contributed by atoms with E-state index >= 15 is 0 Å². The van der Waals surface area contributed by atoms with Gasteiger partial charge in [0.1, 0.15) is 18.1 Å². The van der Waals surface area contributed by atoms with E-state index in [0.717, 1.165) is 6.42 Å². The summed E-state index contributed by atoms with van der Waals surface area (Å²) in [5.41, 5.74) is 6.72. The topological polar surface area (TPSA) is 76.7 Å². The number of carbonyl (C=O) groups is 2. The van der Waals surface area contributed by atoms with Gasteiger partial charge in [0.25, 0.3) is 11.8 Å². The highest BCUT2D eigenvalue weighted by Crippen LogP contribution is 2.17. The summed E-state index contributed by atoms with van der Waals surface area (Å²) in [6.45, 7) is 4.40. The van der Waals surface area contributed by atoms with E-state index in [9.17, 15) is 9.59 Å². The standard InChI is InChI=1S/C25H24N2O4/c1-2-17-31-23-11-7-6-10-22(23)25(29)27-26-24(28)20-12-14-21(15-13-20)30-18-16-19-8-4-3-5-9-19/h2-15H,1,16-18H2,(H,26,28)(H,27,29). The van der Waals surface area contributed by atoms with Gasteiger partial charge in [0.05, 0.1) is 12.2 Å². The predicted octanol–water partition coefficient (Wildman–Crippen LogP) is 3.95. The molecule has 0 heterocycles. The Kier molecular flexibility index (Phi) is 7.83. The van der Waals surface area contributed by atoms with Gasteiger partial charge in [-0.25, -0.2) is 0 Å². The Morgan fingerprint density at radius 1 is 0.806 bits per heavy atom. The summed E-state index contributed by atoms with van der Waals surface area (Å²) in [6.07, 6.45) is 2.39. The maximum absolute atomic E-state index is 12.4. The van der Waals surface area contributed by atoms with Gasteiger partial charge >= 0.3 is 0 Å². The molecule has 3 aromatic rings. The van der Waals surface area contributed by atoms with Crippen molar-refractivity contribution in [3.05, 3.63) is 108 Å². The third-order valence-corrected chi connectivity index (χ3v) is 4.40. The third-order valence-electron chi connectivity index (χ3n) is 4.40. The fourth-order valence-electron chi connectivity index (χ4n) is 2.82. The minimum atomic E-state index is -0.478. The van der Waals surface area contributed by atoms with Crippen LogP contribution in [0.3, 0.4) is 0 Å². The van der Waals surface area contributed by atoms with Gasteiger partial charge in [0.15, 0.2) is 0 Å². The van der Waals surface area contributed by atoms with Gasteiger partial charge < -0.3 is 9.47 Å². The molecule has 0 saturated heterocycles. The molecular formula is C25H24N2O4. The molecule has 0 aliphatic carbocycles. The minimum absolute atomic E-state index is 0.274. The molecule has 3 rings (SSSR count). The molecule has 0 unspecified atom stereocenters. The number of rotatable bonds is 9. The number of nitrogens with one attached hydrogen (secondary N) is 2. The van der Waals surface area contributed by atoms with Gasteiger partial charge in [0.2, 0.25) is 0 Å². The number of benzene rings is 3. The molecule has 6 heteroatoms. The number of para-hydroxylation sites is 1. The van der Waals surface area contributed by atoms with Crippen LogP contribution in [0.5, 0.6) is 11.5 Å². The Bertz CT molecular complexity index is 1020. The average Bonchev–Trinajstić information content (AvgIpc) is 2.82. The molecule has 0 aliphatic heterocycles. The van der Waals surface area contributed by atoms with Gasteiger partial charge in [-0.05, 0) is 42.0 Å². The summed E-state index contributed by atoms with van der Waals surface area (Å²) in [4.78, 5) is 24.7. The van der Waals surface area contributed by atoms with Crippen molar-refractivity contribution in [1.82, 2.24) is 10.9 Å². The SMILES string of the molecule is C=CCOc1ccccc1C(=O)NNC(=O)c1ccc(OCCc2ccccc2)cc1. The molecule has 0 bridgehead atoms. The Morgan fingerprint density at radius 2 is 1.48 bits per heavy atom. The van der Waals surface area contributed by atoms with Gasteiger partial charge in [0, 0.05) is 12.0 Å². The second-order valence-electron chi connectivity index (χ2n) is 6.61. The van der Waals surface area contributed by atoms with E-state index in [2.05, 4.69) is 29.6 Å². The Labute approximate surface area is 181 Å². The Balaban J connectivity index is 1.49. The summed E-state index contributed by atoms with van der Waals surface area (Å²) in [5, 5.41) is 0. The van der Waals surface area contributed by atoms with Crippen LogP contribution in [-0.4, -0.2) is 25.0 Å². The van der Waals surface area contributed by atoms with E-state index in [4.69, 9.17) is 9.47 Å². The molecule has 2 amide bonds. The van der Waals surface area contributed by atoms with Crippen LogP contribution in [-0.2, 0) is 6.42 Å². The largest absolute Gasteiger partial charge is 0.493 e. The van der Waals surface area contributed by atoms with E-state index in [1.807, 2.05) is 18.2 Å². The van der Waals surface area contributed by atoms with Crippen molar-refractivity contribution in [1.29, 1.82) is 0 Å². The lowest BCUT2D eigenvalue weighted by Crippen LogP contribution is -2.41. The van der Waals surface area contributed by atoms with Gasteiger partial charge in [-0.3, -0.25) is 20.4 Å². The lowest BCUT2D eigenvalue weighted by atomic mass is 10.2. The fourth-order valence-corrected chi connectivity index (χ4v) is 2.82. The third kappa shape index (κ3) is 6.47. The van der Waals surface area contributed by atoms with Gasteiger partial charge in [-0.2, -0.15) is 0 Å². The van der Waals surface area contributed by atoms with Gasteiger partial charge in [-0.1, -0.05) is 55.1 Å². The number of hydrogen-bond acceptors (Lipinski definition) is 4. The van der Waals surface area contributed by atoms with Crippen LogP contribution in [0.4, 0.5) is 0 Å². The first-order valence-corrected chi connectivity index (χ1v) is 9.87. The van der Waals surface area contributed by atoms with Crippen molar-refractivity contribution in [2.45, 2.75) is 6.42 Å². The van der Waals surface area contributed by atoms with Crippen LogP contribution in [0.2, 0.25) is 0 Å². The predicted molar refractivity (Wildman–Crippen MR) is 119 cm³/mol. The second-order valence-corrected chi connectivity index (χ2v) is 6.61. The lowest BCUT2D eigenvalue weighted by molar-refractivity contribution is 0.0844. The molecule has 0 atom stereocenters. The van der Waals surface area contributed by atoms with Crippen LogP contribution in [0.25, 0.3) is 0 Å². The molecular weight excluding hydrogens is 392 g/mol. The quantitative estimate of drug-likeness (QED) is 0.409. The van der Waals surface area contributed by atoms with Crippen LogP contribution in [0.1, 0.15) is 26.3 Å². The molecule has 0 saturated carbocycles. The van der Waals surface area contributed by atoms with Crippen molar-refractivity contribution < 1.29 is 19.1 Å². The van der Waals surface area contributed by atoms with Crippen LogP contribution >= 0.6 is 0 Å². The summed E-state index contributed by atoms with van der Waals surface area (Å²) < 4.78 is 11.2. The molecule has 3 aromatic carbocycles. The number of carbonyl (C=O) groups excluding carboxylic acids is 2. The van der Waals surface area contributed by atoms with Crippen molar-refractivity contribution in [2.75, 3.05) is 13.2 Å². The zero-order chi connectivity index (χ0) is 21.9. The Morgan fingerprint density at radius 3 is 2.23 bits per heavy atom. The molecule has 6 nitrogen and oxygen atoms in total. The van der Waals surface area contributed by atoms with Crippen molar-refractivity contribution in [3.63, 3.8) is 0 Å². The van der Waals surface area contributed by atoms with E-state index in [1.54, 1.807) is 54.6 Å². The molecule has 0 aromatic heterocycles. The summed E-state index contributed by atoms with van der Waals surface area (Å²) in [7, 11) is 0. The van der Waals surface area contributed by atoms with Gasteiger partial charge in [-0.15, -0.1) is 0 Å². The first kappa shape index (κ1) is 21.6. The molecule has 0 fully saturated rings. The van der Waals surface area contributed by atoms with Crippen LogP contribution in [0, 0.1) is 0 Å². The summed E-state index contributed by atoms with van der Waals surface area (Å²) in [5.74, 6) is 0.165. The van der Waals surface area contributed by atoms with E-state index in [0.29, 0.717) is 29.2 Å². The fraction of sp³-hybridized carbons (Fsp3) is 0.120. The summed E-state index contributed by atoms with van der Waals surface area (Å²) >= 11 is 0. The molecule has 31 heavy (non-hydrogen) atoms. The van der Waals surface area contributed by atoms with Crippen molar-refractivity contribution >= 4 is 11.8 Å². The summed E-state index contributed by atoms with van der Waals surface area (Å²) in [6, 6.07) is 23.6. The number of hydrazine groups is 1. The van der Waals surface area contributed by atoms with Crippen molar-refractivity contribution in [2.24, 2.45) is 0 Å². The average molecular weight is 416 g/mol. The lowest BCUT2D eigenvalue weighted by Gasteiger charge is -2.11. The first-order valence-electron chi connectivity index (χ1n) is 9.87. The Hall–Kier alpha value is -4.06. The smallest absolute Gasteiger partial charge is 0.273 e. The molecule has 158 valence electrons. The van der Waals surface area contributed by atoms with Crippen molar-refractivity contribution in [3.8, 4) is 11.5 Å². The molecule has 0 radical (unpaired) electrons. The number of ether oxygens (including phenoxy) is 2. The highest BCUT2D eigenvalue weighted by molar-refractivity contribution is 6.00. The molecule has 0 spiro atoms. The highest BCUT2D eigenvalue weighted by Gasteiger charge is 2.13.